The summed E-state index contributed by atoms with van der Waals surface area (Å²) in [6, 6.07) is 8.51. The first kappa shape index (κ1) is 13.4. The molecule has 0 radical (unpaired) electrons. The quantitative estimate of drug-likeness (QED) is 0.863. The van der Waals surface area contributed by atoms with Crippen LogP contribution in [0.2, 0.25) is 0 Å². The number of amides is 1. The molecule has 3 rings (SSSR count). The van der Waals surface area contributed by atoms with Gasteiger partial charge in [-0.05, 0) is 51.0 Å². The average molecular weight is 273 g/mol. The van der Waals surface area contributed by atoms with Crippen LogP contribution in [0.25, 0.3) is 0 Å². The van der Waals surface area contributed by atoms with Gasteiger partial charge in [0.15, 0.2) is 0 Å². The number of nitrogens with zero attached hydrogens (tertiary/aromatic N) is 1. The van der Waals surface area contributed by atoms with Gasteiger partial charge >= 0.3 is 0 Å². The topological polar surface area (TPSA) is 44.4 Å². The Balaban J connectivity index is 1.66. The van der Waals surface area contributed by atoms with Crippen molar-refractivity contribution in [1.29, 1.82) is 0 Å². The Hall–Kier alpha value is -1.55. The fourth-order valence-electron chi connectivity index (χ4n) is 3.20. The van der Waals surface area contributed by atoms with Crippen LogP contribution in [0, 0.1) is 0 Å². The van der Waals surface area contributed by atoms with Crippen LogP contribution < -0.4 is 10.6 Å². The predicted octanol–water partition coefficient (Wildman–Crippen LogP) is 1.80. The molecule has 0 saturated carbocycles. The van der Waals surface area contributed by atoms with Gasteiger partial charge in [0.05, 0.1) is 5.92 Å². The zero-order chi connectivity index (χ0) is 13.9. The smallest absolute Gasteiger partial charge is 0.227 e. The number of benzene rings is 1. The van der Waals surface area contributed by atoms with Gasteiger partial charge in [-0.1, -0.05) is 18.2 Å². The summed E-state index contributed by atoms with van der Waals surface area (Å²) in [5, 5.41) is 6.63. The van der Waals surface area contributed by atoms with Gasteiger partial charge in [-0.15, -0.1) is 0 Å². The number of nitrogens with one attached hydrogen (secondary N) is 2. The van der Waals surface area contributed by atoms with Gasteiger partial charge in [-0.3, -0.25) is 4.79 Å². The summed E-state index contributed by atoms with van der Waals surface area (Å²) in [5.74, 6) is 0.209. The van der Waals surface area contributed by atoms with E-state index in [1.54, 1.807) is 0 Å². The van der Waals surface area contributed by atoms with Crippen molar-refractivity contribution >= 4 is 11.6 Å². The minimum atomic E-state index is 0.00658. The molecule has 0 aromatic heterocycles. The maximum absolute atomic E-state index is 12.6. The highest BCUT2D eigenvalue weighted by molar-refractivity contribution is 5.86. The molecule has 2 N–H and O–H groups in total. The summed E-state index contributed by atoms with van der Waals surface area (Å²) in [6.45, 7) is 3.03. The maximum Gasteiger partial charge on any atom is 0.227 e. The number of likely N-dealkylation sites (tertiary alicyclic amines) is 1. The van der Waals surface area contributed by atoms with Gasteiger partial charge in [0, 0.05) is 18.3 Å². The van der Waals surface area contributed by atoms with E-state index in [2.05, 4.69) is 34.7 Å². The van der Waals surface area contributed by atoms with E-state index in [4.69, 9.17) is 0 Å². The number of carbonyl (C=O) groups excluding carboxylic acids is 1. The number of anilines is 1. The number of carbonyl (C=O) groups is 1. The summed E-state index contributed by atoms with van der Waals surface area (Å²) < 4.78 is 0. The van der Waals surface area contributed by atoms with Crippen molar-refractivity contribution in [3.8, 4) is 0 Å². The molecule has 20 heavy (non-hydrogen) atoms. The van der Waals surface area contributed by atoms with Crippen LogP contribution in [0.15, 0.2) is 24.3 Å². The molecule has 2 aliphatic heterocycles. The van der Waals surface area contributed by atoms with Crippen molar-refractivity contribution in [3.63, 3.8) is 0 Å². The standard InChI is InChI=1S/C16H23N3O/c1-19-10-7-12(8-11-19)18-16(20)14-6-9-17-15-5-3-2-4-13(14)15/h2-5,12,14,17H,6-11H2,1H3,(H,18,20). The Morgan fingerprint density at radius 1 is 1.25 bits per heavy atom. The van der Waals surface area contributed by atoms with E-state index in [9.17, 15) is 4.79 Å². The highest BCUT2D eigenvalue weighted by Crippen LogP contribution is 2.31. The van der Waals surface area contributed by atoms with Crippen LogP contribution in [-0.4, -0.2) is 43.5 Å². The third kappa shape index (κ3) is 2.80. The molecule has 1 amide bonds. The summed E-state index contributed by atoms with van der Waals surface area (Å²) in [4.78, 5) is 14.9. The molecular formula is C16H23N3O. The molecule has 1 aromatic rings. The zero-order valence-corrected chi connectivity index (χ0v) is 12.1. The van der Waals surface area contributed by atoms with E-state index in [1.807, 2.05) is 12.1 Å². The lowest BCUT2D eigenvalue weighted by molar-refractivity contribution is -0.123. The monoisotopic (exact) mass is 273 g/mol. The summed E-state index contributed by atoms with van der Waals surface area (Å²) in [7, 11) is 2.14. The minimum Gasteiger partial charge on any atom is -0.385 e. The summed E-state index contributed by atoms with van der Waals surface area (Å²) in [6.07, 6.45) is 3.01. The molecule has 108 valence electrons. The Bertz CT molecular complexity index is 480. The maximum atomic E-state index is 12.6. The van der Waals surface area contributed by atoms with Crippen LogP contribution >= 0.6 is 0 Å². The largest absolute Gasteiger partial charge is 0.385 e. The SMILES string of the molecule is CN1CCC(NC(=O)C2CCNc3ccccc32)CC1. The zero-order valence-electron chi connectivity index (χ0n) is 12.1. The number of hydrogen-bond acceptors (Lipinski definition) is 3. The summed E-state index contributed by atoms with van der Waals surface area (Å²) >= 11 is 0. The van der Waals surface area contributed by atoms with Gasteiger partial charge in [-0.2, -0.15) is 0 Å². The molecular weight excluding hydrogens is 250 g/mol. The number of hydrogen-bond donors (Lipinski definition) is 2. The second kappa shape index (κ2) is 5.83. The first-order valence-corrected chi connectivity index (χ1v) is 7.56. The number of rotatable bonds is 2. The van der Waals surface area contributed by atoms with E-state index in [0.29, 0.717) is 6.04 Å². The van der Waals surface area contributed by atoms with Crippen molar-refractivity contribution < 1.29 is 4.79 Å². The van der Waals surface area contributed by atoms with Crippen molar-refractivity contribution in [2.45, 2.75) is 31.2 Å². The molecule has 0 aliphatic carbocycles. The lowest BCUT2D eigenvalue weighted by Gasteiger charge is -2.32. The van der Waals surface area contributed by atoms with Gasteiger partial charge in [0.2, 0.25) is 5.91 Å². The molecule has 0 spiro atoms. The van der Waals surface area contributed by atoms with E-state index >= 15 is 0 Å². The molecule has 2 heterocycles. The molecule has 1 fully saturated rings. The number of para-hydroxylation sites is 1. The molecule has 4 heteroatoms. The first-order valence-electron chi connectivity index (χ1n) is 7.56. The molecule has 1 unspecified atom stereocenters. The van der Waals surface area contributed by atoms with Crippen molar-refractivity contribution in [2.24, 2.45) is 0 Å². The number of piperidine rings is 1. The van der Waals surface area contributed by atoms with E-state index < -0.39 is 0 Å². The Morgan fingerprint density at radius 2 is 2.00 bits per heavy atom. The third-order valence-corrected chi connectivity index (χ3v) is 4.47. The van der Waals surface area contributed by atoms with E-state index in [0.717, 1.165) is 50.1 Å². The molecule has 1 atom stereocenters. The lowest BCUT2D eigenvalue weighted by Crippen LogP contribution is -2.45. The molecule has 1 aromatic carbocycles. The van der Waals surface area contributed by atoms with Gasteiger partial charge in [-0.25, -0.2) is 0 Å². The fourth-order valence-corrected chi connectivity index (χ4v) is 3.20. The van der Waals surface area contributed by atoms with Crippen LogP contribution in [0.4, 0.5) is 5.69 Å². The molecule has 0 bridgehead atoms. The number of fused-ring (bicyclic) bond motifs is 1. The van der Waals surface area contributed by atoms with Crippen LogP contribution in [0.1, 0.15) is 30.7 Å². The molecule has 1 saturated heterocycles. The van der Waals surface area contributed by atoms with Gasteiger partial charge in [0.1, 0.15) is 0 Å². The molecule has 2 aliphatic rings. The predicted molar refractivity (Wildman–Crippen MR) is 81.0 cm³/mol. The van der Waals surface area contributed by atoms with Crippen LogP contribution in [0.3, 0.4) is 0 Å². The van der Waals surface area contributed by atoms with Crippen molar-refractivity contribution in [1.82, 2.24) is 10.2 Å². The molecule has 4 nitrogen and oxygen atoms in total. The lowest BCUT2D eigenvalue weighted by atomic mass is 9.89. The van der Waals surface area contributed by atoms with Crippen LogP contribution in [-0.2, 0) is 4.79 Å². The van der Waals surface area contributed by atoms with E-state index in [-0.39, 0.29) is 11.8 Å². The third-order valence-electron chi connectivity index (χ3n) is 4.47. The van der Waals surface area contributed by atoms with Crippen molar-refractivity contribution in [2.75, 3.05) is 32.0 Å². The highest BCUT2D eigenvalue weighted by Gasteiger charge is 2.28. The minimum absolute atomic E-state index is 0.00658. The highest BCUT2D eigenvalue weighted by atomic mass is 16.1. The Labute approximate surface area is 120 Å². The first-order chi connectivity index (χ1) is 9.74. The normalized spacial score (nSPS) is 23.8. The van der Waals surface area contributed by atoms with Crippen molar-refractivity contribution in [3.05, 3.63) is 29.8 Å². The van der Waals surface area contributed by atoms with Gasteiger partial charge in [0.25, 0.3) is 0 Å². The van der Waals surface area contributed by atoms with E-state index in [1.165, 1.54) is 0 Å². The van der Waals surface area contributed by atoms with Gasteiger partial charge < -0.3 is 15.5 Å². The summed E-state index contributed by atoms with van der Waals surface area (Å²) in [5.41, 5.74) is 2.26. The second-order valence-corrected chi connectivity index (χ2v) is 5.94. The second-order valence-electron chi connectivity index (χ2n) is 5.94. The Morgan fingerprint density at radius 3 is 2.80 bits per heavy atom. The van der Waals surface area contributed by atoms with Crippen LogP contribution in [0.5, 0.6) is 0 Å². The average Bonchev–Trinajstić information content (AvgIpc) is 2.49. The fraction of sp³-hybridized carbons (Fsp3) is 0.562. The Kier molecular flexibility index (Phi) is 3.92.